The molecular weight excluding hydrogens is 268 g/mol. The van der Waals surface area contributed by atoms with Gasteiger partial charge in [0.25, 0.3) is 0 Å². The van der Waals surface area contributed by atoms with Gasteiger partial charge in [0.1, 0.15) is 11.4 Å². The van der Waals surface area contributed by atoms with Gasteiger partial charge in [0.05, 0.1) is 11.2 Å². The maximum atomic E-state index is 5.90. The molecule has 0 unspecified atom stereocenters. The Morgan fingerprint density at radius 2 is 2.30 bits per heavy atom. The van der Waals surface area contributed by atoms with Crippen molar-refractivity contribution < 1.29 is 4.74 Å². The van der Waals surface area contributed by atoms with Crippen molar-refractivity contribution in [1.29, 1.82) is 0 Å². The van der Waals surface area contributed by atoms with Crippen LogP contribution in [0.4, 0.5) is 0 Å². The maximum Gasteiger partial charge on any atom is 0.123 e. The smallest absolute Gasteiger partial charge is 0.123 e. The van der Waals surface area contributed by atoms with Crippen molar-refractivity contribution in [2.24, 2.45) is 0 Å². The van der Waals surface area contributed by atoms with Gasteiger partial charge in [-0.05, 0) is 31.0 Å². The molecule has 3 nitrogen and oxygen atoms in total. The van der Waals surface area contributed by atoms with Crippen LogP contribution in [-0.4, -0.2) is 17.1 Å². The highest BCUT2D eigenvalue weighted by molar-refractivity contribution is 7.07. The third-order valence-electron chi connectivity index (χ3n) is 3.50. The lowest BCUT2D eigenvalue weighted by Crippen LogP contribution is -2.24. The monoisotopic (exact) mass is 288 g/mol. The third kappa shape index (κ3) is 3.19. The van der Waals surface area contributed by atoms with Crippen molar-refractivity contribution in [2.75, 3.05) is 6.54 Å². The van der Waals surface area contributed by atoms with Gasteiger partial charge in [-0.15, -0.1) is 11.3 Å². The second kappa shape index (κ2) is 5.54. The first-order chi connectivity index (χ1) is 9.62. The Kier molecular flexibility index (Phi) is 3.76. The Morgan fingerprint density at radius 1 is 1.40 bits per heavy atom. The Labute approximate surface area is 124 Å². The minimum Gasteiger partial charge on any atom is -0.487 e. The molecule has 0 spiro atoms. The first-order valence-electron chi connectivity index (χ1n) is 7.01. The summed E-state index contributed by atoms with van der Waals surface area (Å²) in [5.74, 6) is 1.04. The molecule has 0 bridgehead atoms. The zero-order valence-electron chi connectivity index (χ0n) is 12.0. The molecule has 1 aromatic carbocycles. The summed E-state index contributed by atoms with van der Waals surface area (Å²) < 4.78 is 5.90. The normalized spacial score (nSPS) is 15.9. The van der Waals surface area contributed by atoms with Crippen LogP contribution in [0.15, 0.2) is 29.1 Å². The Balaban J connectivity index is 1.52. The van der Waals surface area contributed by atoms with Crippen LogP contribution in [0.25, 0.3) is 0 Å². The maximum absolute atomic E-state index is 5.90. The van der Waals surface area contributed by atoms with Crippen molar-refractivity contribution >= 4 is 11.3 Å². The lowest BCUT2D eigenvalue weighted by molar-refractivity contribution is 0.138. The van der Waals surface area contributed by atoms with Crippen LogP contribution >= 0.6 is 11.3 Å². The molecule has 0 saturated carbocycles. The van der Waals surface area contributed by atoms with Crippen LogP contribution < -0.4 is 10.1 Å². The first-order valence-corrected chi connectivity index (χ1v) is 7.95. The van der Waals surface area contributed by atoms with Gasteiger partial charge >= 0.3 is 0 Å². The standard InChI is InChI=1S/C16H20N2OS/c1-16(2)8-13-7-12(3-4-15(13)19-16)9-17-6-5-14-10-20-11-18-14/h3-4,7,10-11,17H,5-6,8-9H2,1-2H3. The number of aromatic nitrogens is 1. The van der Waals surface area contributed by atoms with E-state index in [-0.39, 0.29) is 5.60 Å². The van der Waals surface area contributed by atoms with Gasteiger partial charge in [0.2, 0.25) is 0 Å². The van der Waals surface area contributed by atoms with Crippen molar-refractivity contribution in [3.63, 3.8) is 0 Å². The summed E-state index contributed by atoms with van der Waals surface area (Å²) in [7, 11) is 0. The summed E-state index contributed by atoms with van der Waals surface area (Å²) in [4.78, 5) is 4.29. The first kappa shape index (κ1) is 13.6. The van der Waals surface area contributed by atoms with E-state index in [4.69, 9.17) is 4.74 Å². The predicted molar refractivity (Wildman–Crippen MR) is 82.4 cm³/mol. The highest BCUT2D eigenvalue weighted by Crippen LogP contribution is 2.35. The SMILES string of the molecule is CC1(C)Cc2cc(CNCCc3cscn3)ccc2O1. The molecule has 0 amide bonds. The molecule has 0 atom stereocenters. The summed E-state index contributed by atoms with van der Waals surface area (Å²) in [6.07, 6.45) is 1.99. The van der Waals surface area contributed by atoms with Gasteiger partial charge in [0.15, 0.2) is 0 Å². The van der Waals surface area contributed by atoms with Crippen molar-refractivity contribution in [2.45, 2.75) is 38.8 Å². The number of nitrogens with zero attached hydrogens (tertiary/aromatic N) is 1. The van der Waals surface area contributed by atoms with E-state index in [1.165, 1.54) is 16.8 Å². The number of hydrogen-bond donors (Lipinski definition) is 1. The molecule has 4 heteroatoms. The summed E-state index contributed by atoms with van der Waals surface area (Å²) in [6, 6.07) is 6.51. The minimum absolute atomic E-state index is 0.0565. The van der Waals surface area contributed by atoms with E-state index in [1.807, 2.05) is 5.51 Å². The Hall–Kier alpha value is -1.39. The van der Waals surface area contributed by atoms with E-state index in [9.17, 15) is 0 Å². The van der Waals surface area contributed by atoms with Crippen LogP contribution in [0.2, 0.25) is 0 Å². The average molecular weight is 288 g/mol. The number of fused-ring (bicyclic) bond motifs is 1. The van der Waals surface area contributed by atoms with Crippen molar-refractivity contribution in [3.8, 4) is 5.75 Å². The highest BCUT2D eigenvalue weighted by Gasteiger charge is 2.29. The van der Waals surface area contributed by atoms with Gasteiger partial charge in [0, 0.05) is 31.3 Å². The molecule has 3 rings (SSSR count). The number of hydrogen-bond acceptors (Lipinski definition) is 4. The van der Waals surface area contributed by atoms with Gasteiger partial charge < -0.3 is 10.1 Å². The molecule has 0 aliphatic carbocycles. The molecule has 1 aromatic heterocycles. The molecule has 2 heterocycles. The van der Waals surface area contributed by atoms with Gasteiger partial charge in [-0.3, -0.25) is 0 Å². The van der Waals surface area contributed by atoms with E-state index in [0.29, 0.717) is 0 Å². The second-order valence-electron chi connectivity index (χ2n) is 5.89. The molecule has 0 fully saturated rings. The number of thiazole rings is 1. The molecule has 1 aliphatic heterocycles. The van der Waals surface area contributed by atoms with Crippen LogP contribution in [0.1, 0.15) is 30.7 Å². The van der Waals surface area contributed by atoms with Gasteiger partial charge in [-0.25, -0.2) is 4.98 Å². The predicted octanol–water partition coefficient (Wildman–Crippen LogP) is 3.19. The molecule has 2 aromatic rings. The zero-order valence-corrected chi connectivity index (χ0v) is 12.8. The molecule has 0 radical (unpaired) electrons. The minimum atomic E-state index is -0.0565. The summed E-state index contributed by atoms with van der Waals surface area (Å²) in [6.45, 7) is 6.14. The second-order valence-corrected chi connectivity index (χ2v) is 6.61. The van der Waals surface area contributed by atoms with Crippen LogP contribution in [0.3, 0.4) is 0 Å². The van der Waals surface area contributed by atoms with Crippen molar-refractivity contribution in [1.82, 2.24) is 10.3 Å². The lowest BCUT2D eigenvalue weighted by atomic mass is 10.0. The fraction of sp³-hybridized carbons (Fsp3) is 0.438. The van der Waals surface area contributed by atoms with E-state index < -0.39 is 0 Å². The fourth-order valence-corrected chi connectivity index (χ4v) is 3.18. The van der Waals surface area contributed by atoms with Crippen molar-refractivity contribution in [3.05, 3.63) is 45.9 Å². The van der Waals surface area contributed by atoms with E-state index in [1.54, 1.807) is 11.3 Å². The lowest BCUT2D eigenvalue weighted by Gasteiger charge is -2.16. The number of nitrogens with one attached hydrogen (secondary N) is 1. The number of rotatable bonds is 5. The third-order valence-corrected chi connectivity index (χ3v) is 4.13. The summed E-state index contributed by atoms with van der Waals surface area (Å²) >= 11 is 1.65. The van der Waals surface area contributed by atoms with E-state index in [2.05, 4.69) is 47.7 Å². The highest BCUT2D eigenvalue weighted by atomic mass is 32.1. The number of benzene rings is 1. The zero-order chi connectivity index (χ0) is 14.0. The fourth-order valence-electron chi connectivity index (χ4n) is 2.58. The van der Waals surface area contributed by atoms with Crippen LogP contribution in [0, 0.1) is 0 Å². The summed E-state index contributed by atoms with van der Waals surface area (Å²) in [5.41, 5.74) is 5.65. The molecule has 1 N–H and O–H groups in total. The van der Waals surface area contributed by atoms with Crippen LogP contribution in [0.5, 0.6) is 5.75 Å². The molecular formula is C16H20N2OS. The quantitative estimate of drug-likeness (QED) is 0.858. The van der Waals surface area contributed by atoms with Crippen LogP contribution in [-0.2, 0) is 19.4 Å². The van der Waals surface area contributed by atoms with E-state index in [0.717, 1.165) is 31.7 Å². The molecule has 106 valence electrons. The molecule has 0 saturated heterocycles. The molecule has 20 heavy (non-hydrogen) atoms. The molecule has 1 aliphatic rings. The van der Waals surface area contributed by atoms with E-state index >= 15 is 0 Å². The number of ether oxygens (including phenoxy) is 1. The van der Waals surface area contributed by atoms with Gasteiger partial charge in [-0.1, -0.05) is 12.1 Å². The Morgan fingerprint density at radius 3 is 3.10 bits per heavy atom. The Bertz CT molecular complexity index is 578. The summed E-state index contributed by atoms with van der Waals surface area (Å²) in [5, 5.41) is 5.58. The van der Waals surface area contributed by atoms with Gasteiger partial charge in [-0.2, -0.15) is 0 Å². The average Bonchev–Trinajstić information content (AvgIpc) is 2.99. The largest absolute Gasteiger partial charge is 0.487 e. The topological polar surface area (TPSA) is 34.2 Å².